The van der Waals surface area contributed by atoms with Crippen molar-refractivity contribution in [1.29, 1.82) is 0 Å². The molecular weight excluding hydrogens is 316 g/mol. The van der Waals surface area contributed by atoms with Crippen LogP contribution in [0.1, 0.15) is 0 Å². The normalized spacial score (nSPS) is 11.8. The maximum absolute atomic E-state index is 5.33. The minimum Gasteiger partial charge on any atom is -0.495 e. The molecule has 0 fully saturated rings. The molecule has 0 saturated carbocycles. The van der Waals surface area contributed by atoms with Gasteiger partial charge in [0.1, 0.15) is 11.4 Å². The van der Waals surface area contributed by atoms with E-state index in [-0.39, 0.29) is 0 Å². The van der Waals surface area contributed by atoms with Crippen LogP contribution in [-0.2, 0) is 14.1 Å². The lowest BCUT2D eigenvalue weighted by atomic mass is 10.1. The number of nitrogens with one attached hydrogen (secondary N) is 1. The first-order valence-corrected chi connectivity index (χ1v) is 7.94. The molecule has 0 spiro atoms. The molecule has 0 aliphatic heterocycles. The van der Waals surface area contributed by atoms with Gasteiger partial charge in [-0.1, -0.05) is 0 Å². The summed E-state index contributed by atoms with van der Waals surface area (Å²) in [6.07, 6.45) is 7.57. The second-order valence-corrected chi connectivity index (χ2v) is 6.17. The largest absolute Gasteiger partial charge is 0.495 e. The van der Waals surface area contributed by atoms with Crippen molar-refractivity contribution >= 4 is 33.0 Å². The Labute approximate surface area is 142 Å². The van der Waals surface area contributed by atoms with Crippen LogP contribution in [0.4, 0.5) is 0 Å². The molecule has 124 valence electrons. The highest BCUT2D eigenvalue weighted by Gasteiger charge is 2.16. The summed E-state index contributed by atoms with van der Waals surface area (Å²) in [6, 6.07) is 4.09. The van der Waals surface area contributed by atoms with E-state index in [4.69, 9.17) is 9.72 Å². The van der Waals surface area contributed by atoms with Gasteiger partial charge < -0.3 is 14.4 Å². The number of hydrogen-bond acceptors (Lipinski definition) is 4. The van der Waals surface area contributed by atoms with E-state index in [2.05, 4.69) is 21.1 Å². The van der Waals surface area contributed by atoms with Crippen LogP contribution in [0.25, 0.3) is 44.2 Å². The summed E-state index contributed by atoms with van der Waals surface area (Å²) in [5.74, 6) is 0.730. The van der Waals surface area contributed by atoms with Crippen LogP contribution >= 0.6 is 0 Å². The summed E-state index contributed by atoms with van der Waals surface area (Å²) in [7, 11) is 5.62. The van der Waals surface area contributed by atoms with Crippen molar-refractivity contribution in [3.63, 3.8) is 0 Å². The summed E-state index contributed by atoms with van der Waals surface area (Å²) in [4.78, 5) is 13.7. The van der Waals surface area contributed by atoms with Crippen molar-refractivity contribution in [3.05, 3.63) is 36.9 Å². The Morgan fingerprint density at radius 1 is 1.08 bits per heavy atom. The van der Waals surface area contributed by atoms with Crippen LogP contribution in [-0.4, -0.2) is 36.4 Å². The molecule has 0 radical (unpaired) electrons. The van der Waals surface area contributed by atoms with Crippen molar-refractivity contribution in [3.8, 4) is 17.0 Å². The maximum Gasteiger partial charge on any atom is 0.162 e. The fourth-order valence-electron chi connectivity index (χ4n) is 3.43. The Balaban J connectivity index is 1.82. The van der Waals surface area contributed by atoms with Gasteiger partial charge in [-0.25, -0.2) is 15.0 Å². The topological polar surface area (TPSA) is 73.6 Å². The molecule has 5 aromatic rings. The van der Waals surface area contributed by atoms with Crippen molar-refractivity contribution in [2.24, 2.45) is 14.1 Å². The van der Waals surface area contributed by atoms with Gasteiger partial charge in [0.2, 0.25) is 0 Å². The van der Waals surface area contributed by atoms with Crippen molar-refractivity contribution in [1.82, 2.24) is 29.3 Å². The molecule has 0 bridgehead atoms. The van der Waals surface area contributed by atoms with Gasteiger partial charge in [0.25, 0.3) is 0 Å². The predicted octanol–water partition coefficient (Wildman–Crippen LogP) is 3.01. The molecule has 0 aliphatic rings. The van der Waals surface area contributed by atoms with Gasteiger partial charge in [0.05, 0.1) is 24.5 Å². The van der Waals surface area contributed by atoms with E-state index in [9.17, 15) is 0 Å². The minimum atomic E-state index is 0.730. The first-order chi connectivity index (χ1) is 12.2. The molecule has 25 heavy (non-hydrogen) atoms. The molecule has 5 rings (SSSR count). The number of nitrogens with zero attached hydrogens (tertiary/aromatic N) is 5. The van der Waals surface area contributed by atoms with Crippen LogP contribution in [0.15, 0.2) is 36.9 Å². The molecule has 1 N–H and O–H groups in total. The molecule has 0 aliphatic carbocycles. The Bertz CT molecular complexity index is 1260. The smallest absolute Gasteiger partial charge is 0.162 e. The SMILES string of the molecule is COc1cnc2c(c1)c(-c1cc3c(ncc4c[nH]n(C)c43)n1)cn2C. The summed E-state index contributed by atoms with van der Waals surface area (Å²) in [5, 5.41) is 6.29. The number of hydrogen-bond donors (Lipinski definition) is 1. The molecule has 7 heteroatoms. The summed E-state index contributed by atoms with van der Waals surface area (Å²) in [6.45, 7) is 0. The van der Waals surface area contributed by atoms with Gasteiger partial charge >= 0.3 is 0 Å². The number of methoxy groups -OCH3 is 1. The maximum atomic E-state index is 5.33. The van der Waals surface area contributed by atoms with Crippen LogP contribution in [0, 0.1) is 0 Å². The van der Waals surface area contributed by atoms with Crippen molar-refractivity contribution < 1.29 is 4.74 Å². The number of fused-ring (bicyclic) bond motifs is 4. The van der Waals surface area contributed by atoms with Gasteiger partial charge in [-0.3, -0.25) is 4.68 Å². The van der Waals surface area contributed by atoms with E-state index in [0.717, 1.165) is 50.0 Å². The van der Waals surface area contributed by atoms with Gasteiger partial charge in [-0.05, 0) is 12.1 Å². The van der Waals surface area contributed by atoms with E-state index < -0.39 is 0 Å². The quantitative estimate of drug-likeness (QED) is 0.539. The van der Waals surface area contributed by atoms with E-state index in [0.29, 0.717) is 0 Å². The highest BCUT2D eigenvalue weighted by molar-refractivity contribution is 6.05. The summed E-state index contributed by atoms with van der Waals surface area (Å²) >= 11 is 0. The van der Waals surface area contributed by atoms with E-state index >= 15 is 0 Å². The molecule has 7 nitrogen and oxygen atoms in total. The number of aromatic amines is 1. The molecule has 0 unspecified atom stereocenters. The zero-order chi connectivity index (χ0) is 17.1. The minimum absolute atomic E-state index is 0.730. The van der Waals surface area contributed by atoms with Gasteiger partial charge in [-0.2, -0.15) is 0 Å². The fraction of sp³-hybridized carbons (Fsp3) is 0.167. The Morgan fingerprint density at radius 3 is 2.80 bits per heavy atom. The third kappa shape index (κ3) is 1.89. The molecule has 5 heterocycles. The average Bonchev–Trinajstić information content (AvgIpc) is 3.30. The Kier molecular flexibility index (Phi) is 2.71. The van der Waals surface area contributed by atoms with Gasteiger partial charge in [-0.15, -0.1) is 0 Å². The van der Waals surface area contributed by atoms with Crippen LogP contribution in [0.5, 0.6) is 5.75 Å². The molecular formula is C18H16N6O. The lowest BCUT2D eigenvalue weighted by molar-refractivity contribution is 0.413. The highest BCUT2D eigenvalue weighted by atomic mass is 16.5. The van der Waals surface area contributed by atoms with Crippen molar-refractivity contribution in [2.45, 2.75) is 0 Å². The zero-order valence-corrected chi connectivity index (χ0v) is 14.1. The third-order valence-corrected chi connectivity index (χ3v) is 4.65. The number of ether oxygens (including phenoxy) is 1. The number of aryl methyl sites for hydroxylation is 2. The van der Waals surface area contributed by atoms with Crippen LogP contribution in [0.2, 0.25) is 0 Å². The van der Waals surface area contributed by atoms with Crippen LogP contribution < -0.4 is 4.74 Å². The Hall–Kier alpha value is -3.35. The lowest BCUT2D eigenvalue weighted by Crippen LogP contribution is -1.89. The predicted molar refractivity (Wildman–Crippen MR) is 96.6 cm³/mol. The number of rotatable bonds is 2. The standard InChI is InChI=1S/C18H16N6O/c1-23-9-14(12-4-11(25-3)8-20-18(12)23)15-5-13-16-10(7-21-24(16)2)6-19-17(13)22-15/h4-9,21H,1-3H3. The van der Waals surface area contributed by atoms with Gasteiger partial charge in [0, 0.05) is 54.4 Å². The van der Waals surface area contributed by atoms with Crippen LogP contribution in [0.3, 0.4) is 0 Å². The highest BCUT2D eigenvalue weighted by Crippen LogP contribution is 2.34. The fourth-order valence-corrected chi connectivity index (χ4v) is 3.43. The molecule has 0 aromatic carbocycles. The molecule has 0 amide bonds. The average molecular weight is 332 g/mol. The Morgan fingerprint density at radius 2 is 1.96 bits per heavy atom. The number of H-pyrrole nitrogens is 1. The van der Waals surface area contributed by atoms with E-state index in [1.165, 1.54) is 0 Å². The molecule has 0 saturated heterocycles. The monoisotopic (exact) mass is 332 g/mol. The third-order valence-electron chi connectivity index (χ3n) is 4.65. The first-order valence-electron chi connectivity index (χ1n) is 7.94. The summed E-state index contributed by atoms with van der Waals surface area (Å²) in [5.41, 5.74) is 4.64. The number of aromatic nitrogens is 6. The van der Waals surface area contributed by atoms with E-state index in [1.807, 2.05) is 48.0 Å². The van der Waals surface area contributed by atoms with E-state index in [1.54, 1.807) is 13.3 Å². The lowest BCUT2D eigenvalue weighted by Gasteiger charge is -2.00. The zero-order valence-electron chi connectivity index (χ0n) is 14.1. The second kappa shape index (κ2) is 4.83. The number of pyridine rings is 2. The first kappa shape index (κ1) is 14.0. The molecule has 5 aromatic heterocycles. The second-order valence-electron chi connectivity index (χ2n) is 6.17. The van der Waals surface area contributed by atoms with Crippen molar-refractivity contribution in [2.75, 3.05) is 7.11 Å². The summed E-state index contributed by atoms with van der Waals surface area (Å²) < 4.78 is 9.32. The molecule has 0 atom stereocenters. The van der Waals surface area contributed by atoms with Gasteiger partial charge in [0.15, 0.2) is 5.65 Å².